The summed E-state index contributed by atoms with van der Waals surface area (Å²) in [5, 5.41) is 0. The zero-order valence-electron chi connectivity index (χ0n) is 17.2. The van der Waals surface area contributed by atoms with E-state index >= 15 is 0 Å². The van der Waals surface area contributed by atoms with Crippen molar-refractivity contribution >= 4 is 45.7 Å². The van der Waals surface area contributed by atoms with Crippen LogP contribution in [-0.4, -0.2) is 11.8 Å². The van der Waals surface area contributed by atoms with Crippen LogP contribution in [0.2, 0.25) is 0 Å². The van der Waals surface area contributed by atoms with Crippen LogP contribution >= 0.6 is 22.6 Å². The van der Waals surface area contributed by atoms with Crippen molar-refractivity contribution in [1.29, 1.82) is 0 Å². The third kappa shape index (κ3) is 2.85. The first-order valence-corrected chi connectivity index (χ1v) is 11.9. The number of allylic oxidation sites excluding steroid dienone is 3. The Kier molecular flexibility index (Phi) is 4.65. The normalized spacial score (nSPS) is 25.5. The summed E-state index contributed by atoms with van der Waals surface area (Å²) in [6.07, 6.45) is 4.30. The molecule has 6 rings (SSSR count). The van der Waals surface area contributed by atoms with Gasteiger partial charge in [-0.1, -0.05) is 72.8 Å². The predicted octanol–water partition coefficient (Wildman–Crippen LogP) is 5.71. The summed E-state index contributed by atoms with van der Waals surface area (Å²) in [6, 6.07) is 28.3. The first-order chi connectivity index (χ1) is 15.6. The molecule has 0 radical (unpaired) electrons. The van der Waals surface area contributed by atoms with Crippen LogP contribution in [0.15, 0.2) is 103 Å². The number of imide groups is 1. The summed E-state index contributed by atoms with van der Waals surface area (Å²) in [4.78, 5) is 28.5. The van der Waals surface area contributed by atoms with Crippen LogP contribution < -0.4 is 4.90 Å². The topological polar surface area (TPSA) is 37.4 Å². The van der Waals surface area contributed by atoms with Crippen LogP contribution in [0, 0.1) is 27.2 Å². The molecule has 156 valence electrons. The molecular formula is C28H20INO2. The van der Waals surface area contributed by atoms with E-state index in [4.69, 9.17) is 0 Å². The molecule has 4 heteroatoms. The molecule has 1 saturated carbocycles. The molecule has 2 bridgehead atoms. The Morgan fingerprint density at radius 1 is 0.656 bits per heavy atom. The zero-order chi connectivity index (χ0) is 21.8. The number of fused-ring (bicyclic) bond motifs is 5. The molecule has 1 heterocycles. The standard InChI is InChI=1S/C28H20INO2/c29-19-11-13-20(14-12-19)30-27(31)25-21-15-16-22(26(25)28(30)32)24(21)23(17-7-3-1-4-8-17)18-9-5-2-6-10-18/h1-16,21-22,25-26H/t21-,22+,25-,26-/m0/s1. The average molecular weight is 529 g/mol. The van der Waals surface area contributed by atoms with Gasteiger partial charge in [0.1, 0.15) is 0 Å². The molecule has 1 aliphatic heterocycles. The van der Waals surface area contributed by atoms with Crippen molar-refractivity contribution < 1.29 is 9.59 Å². The van der Waals surface area contributed by atoms with Gasteiger partial charge in [-0.3, -0.25) is 9.59 Å². The molecule has 0 unspecified atom stereocenters. The number of nitrogens with zero attached hydrogens (tertiary/aromatic N) is 1. The average Bonchev–Trinajstić information content (AvgIpc) is 3.46. The summed E-state index contributed by atoms with van der Waals surface area (Å²) in [5.41, 5.74) is 5.29. The molecule has 0 aromatic heterocycles. The van der Waals surface area contributed by atoms with Gasteiger partial charge in [-0.05, 0) is 69.1 Å². The summed E-state index contributed by atoms with van der Waals surface area (Å²) in [6.45, 7) is 0. The number of anilines is 1. The fraction of sp³-hybridized carbons (Fsp3) is 0.143. The minimum absolute atomic E-state index is 0.0503. The number of hydrogen-bond acceptors (Lipinski definition) is 2. The van der Waals surface area contributed by atoms with Crippen LogP contribution in [0.3, 0.4) is 0 Å². The molecule has 4 atom stereocenters. The van der Waals surface area contributed by atoms with Crippen LogP contribution in [0.25, 0.3) is 5.57 Å². The number of carbonyl (C=O) groups is 2. The Labute approximate surface area is 200 Å². The van der Waals surface area contributed by atoms with Crippen molar-refractivity contribution in [3.8, 4) is 0 Å². The van der Waals surface area contributed by atoms with Gasteiger partial charge in [0.25, 0.3) is 0 Å². The van der Waals surface area contributed by atoms with Gasteiger partial charge in [0.2, 0.25) is 11.8 Å². The van der Waals surface area contributed by atoms with Crippen LogP contribution in [-0.2, 0) is 9.59 Å². The highest BCUT2D eigenvalue weighted by molar-refractivity contribution is 14.1. The fourth-order valence-electron chi connectivity index (χ4n) is 5.65. The molecule has 0 spiro atoms. The summed E-state index contributed by atoms with van der Waals surface area (Å²) in [5.74, 6) is -0.896. The van der Waals surface area contributed by atoms with E-state index < -0.39 is 0 Å². The van der Waals surface area contributed by atoms with E-state index in [1.54, 1.807) is 0 Å². The number of rotatable bonds is 3. The molecular weight excluding hydrogens is 509 g/mol. The van der Waals surface area contributed by atoms with Crippen molar-refractivity contribution in [2.24, 2.45) is 23.7 Å². The van der Waals surface area contributed by atoms with E-state index in [2.05, 4.69) is 59.0 Å². The highest BCUT2D eigenvalue weighted by Gasteiger charge is 2.62. The van der Waals surface area contributed by atoms with Crippen molar-refractivity contribution in [3.05, 3.63) is 117 Å². The van der Waals surface area contributed by atoms with E-state index in [0.29, 0.717) is 5.69 Å². The van der Waals surface area contributed by atoms with Gasteiger partial charge in [-0.2, -0.15) is 0 Å². The van der Waals surface area contributed by atoms with Crippen molar-refractivity contribution in [1.82, 2.24) is 0 Å². The second kappa shape index (κ2) is 7.55. The second-order valence-corrected chi connectivity index (χ2v) is 9.78. The molecule has 0 N–H and O–H groups in total. The molecule has 3 aromatic rings. The lowest BCUT2D eigenvalue weighted by atomic mass is 9.85. The van der Waals surface area contributed by atoms with Gasteiger partial charge in [0, 0.05) is 15.4 Å². The van der Waals surface area contributed by atoms with Crippen LogP contribution in [0.5, 0.6) is 0 Å². The summed E-state index contributed by atoms with van der Waals surface area (Å²) < 4.78 is 1.08. The molecule has 2 aliphatic carbocycles. The minimum atomic E-state index is -0.325. The smallest absolute Gasteiger partial charge is 0.238 e. The van der Waals surface area contributed by atoms with Crippen molar-refractivity contribution in [2.45, 2.75) is 0 Å². The third-order valence-corrected chi connectivity index (χ3v) is 7.63. The number of halogens is 1. The largest absolute Gasteiger partial charge is 0.274 e. The second-order valence-electron chi connectivity index (χ2n) is 8.54. The monoisotopic (exact) mass is 529 g/mol. The Morgan fingerprint density at radius 2 is 1.12 bits per heavy atom. The predicted molar refractivity (Wildman–Crippen MR) is 134 cm³/mol. The number of hydrogen-bond donors (Lipinski definition) is 0. The quantitative estimate of drug-likeness (QED) is 0.248. The van der Waals surface area contributed by atoms with Gasteiger partial charge in [-0.25, -0.2) is 4.90 Å². The van der Waals surface area contributed by atoms with Crippen LogP contribution in [0.1, 0.15) is 11.1 Å². The first kappa shape index (κ1) is 19.7. The molecule has 3 aromatic carbocycles. The van der Waals surface area contributed by atoms with Crippen molar-refractivity contribution in [3.63, 3.8) is 0 Å². The zero-order valence-corrected chi connectivity index (χ0v) is 19.3. The molecule has 2 amide bonds. The fourth-order valence-corrected chi connectivity index (χ4v) is 6.01. The summed E-state index contributed by atoms with van der Waals surface area (Å²) >= 11 is 2.23. The van der Waals surface area contributed by atoms with Gasteiger partial charge in [0.15, 0.2) is 0 Å². The Hall–Kier alpha value is -2.99. The molecule has 1 saturated heterocycles. The Morgan fingerprint density at radius 3 is 1.59 bits per heavy atom. The number of amides is 2. The molecule has 3 nitrogen and oxygen atoms in total. The van der Waals surface area contributed by atoms with E-state index in [1.807, 2.05) is 60.7 Å². The summed E-state index contributed by atoms with van der Waals surface area (Å²) in [7, 11) is 0. The Bertz CT molecular complexity index is 1200. The van der Waals surface area contributed by atoms with Gasteiger partial charge in [-0.15, -0.1) is 0 Å². The maximum absolute atomic E-state index is 13.6. The van der Waals surface area contributed by atoms with Gasteiger partial charge < -0.3 is 0 Å². The molecule has 2 fully saturated rings. The first-order valence-electron chi connectivity index (χ1n) is 10.8. The number of carbonyl (C=O) groups excluding carboxylic acids is 2. The highest BCUT2D eigenvalue weighted by atomic mass is 127. The Balaban J connectivity index is 1.48. The SMILES string of the molecule is O=C1[C@@H]2[C@@H](C(=O)N1c1ccc(I)cc1)[C@H]1C=C[C@@H]2C1=C(c1ccccc1)c1ccccc1. The van der Waals surface area contributed by atoms with E-state index in [-0.39, 0.29) is 35.5 Å². The molecule has 32 heavy (non-hydrogen) atoms. The third-order valence-electron chi connectivity index (χ3n) is 6.91. The van der Waals surface area contributed by atoms with Gasteiger partial charge >= 0.3 is 0 Å². The lowest BCUT2D eigenvalue weighted by Crippen LogP contribution is -2.33. The highest BCUT2D eigenvalue weighted by Crippen LogP contribution is 2.58. The lowest BCUT2D eigenvalue weighted by Gasteiger charge is -2.21. The van der Waals surface area contributed by atoms with Gasteiger partial charge in [0.05, 0.1) is 17.5 Å². The number of benzene rings is 3. The van der Waals surface area contributed by atoms with Crippen molar-refractivity contribution in [2.75, 3.05) is 4.90 Å². The minimum Gasteiger partial charge on any atom is -0.274 e. The van der Waals surface area contributed by atoms with E-state index in [0.717, 1.165) is 20.3 Å². The van der Waals surface area contributed by atoms with E-state index in [1.165, 1.54) is 10.5 Å². The lowest BCUT2D eigenvalue weighted by molar-refractivity contribution is -0.122. The van der Waals surface area contributed by atoms with E-state index in [9.17, 15) is 9.59 Å². The van der Waals surface area contributed by atoms with Crippen LogP contribution in [0.4, 0.5) is 5.69 Å². The molecule has 3 aliphatic rings. The maximum Gasteiger partial charge on any atom is 0.238 e. The maximum atomic E-state index is 13.6.